The number of pyridine rings is 1. The molecule has 0 aromatic carbocycles. The number of hydrogen-bond donors (Lipinski definition) is 1. The molecule has 6 heteroatoms. The van der Waals surface area contributed by atoms with Gasteiger partial charge in [-0.2, -0.15) is 4.39 Å². The van der Waals surface area contributed by atoms with E-state index >= 15 is 0 Å². The average molecular weight is 219 g/mol. The molecule has 0 radical (unpaired) electrons. The van der Waals surface area contributed by atoms with Gasteiger partial charge in [0, 0.05) is 16.8 Å². The minimum Gasteiger partial charge on any atom is -0.481 e. The van der Waals surface area contributed by atoms with Crippen molar-refractivity contribution in [2.75, 3.05) is 0 Å². The summed E-state index contributed by atoms with van der Waals surface area (Å²) in [4.78, 5) is 13.6. The van der Waals surface area contributed by atoms with Crippen LogP contribution in [0.4, 0.5) is 13.2 Å². The van der Waals surface area contributed by atoms with Crippen LogP contribution in [0.2, 0.25) is 0 Å². The molecule has 82 valence electrons. The van der Waals surface area contributed by atoms with Crippen LogP contribution in [0.5, 0.6) is 0 Å². The van der Waals surface area contributed by atoms with Crippen LogP contribution >= 0.6 is 0 Å². The number of nitrogens with zero attached hydrogens (tertiary/aromatic N) is 1. The monoisotopic (exact) mass is 219 g/mol. The highest BCUT2D eigenvalue weighted by Gasteiger charge is 2.20. The van der Waals surface area contributed by atoms with Crippen LogP contribution in [0.1, 0.15) is 23.2 Å². The first-order valence-electron chi connectivity index (χ1n) is 4.07. The predicted octanol–water partition coefficient (Wildman–Crippen LogP) is 2.09. The van der Waals surface area contributed by atoms with Crippen molar-refractivity contribution in [2.45, 2.75) is 19.8 Å². The van der Waals surface area contributed by atoms with Crippen molar-refractivity contribution in [1.82, 2.24) is 4.98 Å². The quantitative estimate of drug-likeness (QED) is 0.792. The van der Waals surface area contributed by atoms with Gasteiger partial charge in [0.2, 0.25) is 5.95 Å². The summed E-state index contributed by atoms with van der Waals surface area (Å²) < 4.78 is 38.0. The number of aromatic nitrogens is 1. The SMILES string of the molecule is Cc1cc(C(F)F)c(CC(=O)O)c(F)n1. The molecule has 1 heterocycles. The third-order valence-corrected chi connectivity index (χ3v) is 1.80. The van der Waals surface area contributed by atoms with Crippen LogP contribution in [0.3, 0.4) is 0 Å². The van der Waals surface area contributed by atoms with Crippen molar-refractivity contribution in [1.29, 1.82) is 0 Å². The molecule has 0 saturated carbocycles. The Morgan fingerprint density at radius 1 is 1.60 bits per heavy atom. The lowest BCUT2D eigenvalue weighted by molar-refractivity contribution is -0.136. The summed E-state index contributed by atoms with van der Waals surface area (Å²) in [5, 5.41) is 8.43. The highest BCUT2D eigenvalue weighted by atomic mass is 19.3. The van der Waals surface area contributed by atoms with Crippen LogP contribution in [-0.2, 0) is 11.2 Å². The first kappa shape index (κ1) is 11.5. The van der Waals surface area contributed by atoms with E-state index in [1.807, 2.05) is 0 Å². The lowest BCUT2D eigenvalue weighted by atomic mass is 10.1. The zero-order valence-corrected chi connectivity index (χ0v) is 7.80. The number of aryl methyl sites for hydroxylation is 1. The van der Waals surface area contributed by atoms with Gasteiger partial charge in [-0.15, -0.1) is 0 Å². The minimum atomic E-state index is -2.91. The van der Waals surface area contributed by atoms with Crippen LogP contribution in [0.25, 0.3) is 0 Å². The summed E-state index contributed by atoms with van der Waals surface area (Å²) in [6.45, 7) is 1.36. The Morgan fingerprint density at radius 2 is 2.20 bits per heavy atom. The minimum absolute atomic E-state index is 0.0944. The Labute approximate surface area is 83.6 Å². The van der Waals surface area contributed by atoms with E-state index < -0.39 is 35.9 Å². The maximum atomic E-state index is 13.1. The highest BCUT2D eigenvalue weighted by molar-refractivity contribution is 5.70. The second-order valence-electron chi connectivity index (χ2n) is 2.99. The maximum absolute atomic E-state index is 13.1. The van der Waals surface area contributed by atoms with E-state index in [0.29, 0.717) is 0 Å². The summed E-state index contributed by atoms with van der Waals surface area (Å²) in [7, 11) is 0. The second-order valence-corrected chi connectivity index (χ2v) is 2.99. The molecule has 0 saturated heterocycles. The normalized spacial score (nSPS) is 10.7. The summed E-state index contributed by atoms with van der Waals surface area (Å²) >= 11 is 0. The largest absolute Gasteiger partial charge is 0.481 e. The first-order chi connectivity index (χ1) is 6.91. The molecule has 1 rings (SSSR count). The van der Waals surface area contributed by atoms with Crippen molar-refractivity contribution < 1.29 is 23.1 Å². The average Bonchev–Trinajstić information content (AvgIpc) is 2.08. The van der Waals surface area contributed by atoms with Gasteiger partial charge in [-0.3, -0.25) is 4.79 Å². The summed E-state index contributed by atoms with van der Waals surface area (Å²) in [5.74, 6) is -2.52. The van der Waals surface area contributed by atoms with E-state index in [4.69, 9.17) is 5.11 Å². The lowest BCUT2D eigenvalue weighted by Crippen LogP contribution is -2.09. The lowest BCUT2D eigenvalue weighted by Gasteiger charge is -2.08. The van der Waals surface area contributed by atoms with Gasteiger partial charge in [0.05, 0.1) is 6.42 Å². The number of carboxylic acid groups (broad SMARTS) is 1. The molecule has 0 amide bonds. The molecule has 0 spiro atoms. The first-order valence-corrected chi connectivity index (χ1v) is 4.07. The topological polar surface area (TPSA) is 50.2 Å². The molecule has 0 unspecified atom stereocenters. The molecule has 0 bridgehead atoms. The Balaban J connectivity index is 3.26. The summed E-state index contributed by atoms with van der Waals surface area (Å²) in [6, 6.07) is 0.992. The molecule has 1 aromatic rings. The van der Waals surface area contributed by atoms with Crippen LogP contribution in [0.15, 0.2) is 6.07 Å². The molecule has 0 aliphatic carbocycles. The summed E-state index contributed by atoms with van der Waals surface area (Å²) in [5.41, 5.74) is -1.07. The van der Waals surface area contributed by atoms with Crippen LogP contribution in [-0.4, -0.2) is 16.1 Å². The standard InChI is InChI=1S/C9H8F3NO2/c1-4-2-5(8(10)11)6(3-7(14)15)9(12)13-4/h2,8H,3H2,1H3,(H,14,15). The molecule has 0 aliphatic heterocycles. The van der Waals surface area contributed by atoms with Gasteiger partial charge in [-0.1, -0.05) is 0 Å². The Kier molecular flexibility index (Phi) is 3.28. The Hall–Kier alpha value is -1.59. The van der Waals surface area contributed by atoms with E-state index in [9.17, 15) is 18.0 Å². The van der Waals surface area contributed by atoms with Crippen molar-refractivity contribution in [2.24, 2.45) is 0 Å². The van der Waals surface area contributed by atoms with Crippen LogP contribution < -0.4 is 0 Å². The van der Waals surface area contributed by atoms with Gasteiger partial charge in [0.15, 0.2) is 0 Å². The zero-order chi connectivity index (χ0) is 11.6. The van der Waals surface area contributed by atoms with Crippen molar-refractivity contribution in [3.8, 4) is 0 Å². The van der Waals surface area contributed by atoms with Gasteiger partial charge in [-0.05, 0) is 13.0 Å². The van der Waals surface area contributed by atoms with E-state index in [-0.39, 0.29) is 5.69 Å². The molecule has 15 heavy (non-hydrogen) atoms. The Morgan fingerprint density at radius 3 is 2.67 bits per heavy atom. The molecule has 1 aromatic heterocycles. The smallest absolute Gasteiger partial charge is 0.308 e. The molecule has 0 aliphatic rings. The van der Waals surface area contributed by atoms with E-state index in [0.717, 1.165) is 6.07 Å². The van der Waals surface area contributed by atoms with Gasteiger partial charge in [0.1, 0.15) is 0 Å². The molecule has 0 atom stereocenters. The van der Waals surface area contributed by atoms with Crippen molar-refractivity contribution >= 4 is 5.97 Å². The van der Waals surface area contributed by atoms with E-state index in [1.165, 1.54) is 6.92 Å². The number of hydrogen-bond acceptors (Lipinski definition) is 2. The van der Waals surface area contributed by atoms with Gasteiger partial charge in [-0.25, -0.2) is 13.8 Å². The fraction of sp³-hybridized carbons (Fsp3) is 0.333. The number of carbonyl (C=O) groups is 1. The van der Waals surface area contributed by atoms with Gasteiger partial charge < -0.3 is 5.11 Å². The molecule has 3 nitrogen and oxygen atoms in total. The Bertz CT molecular complexity index is 393. The highest BCUT2D eigenvalue weighted by Crippen LogP contribution is 2.25. The molecule has 1 N–H and O–H groups in total. The molecular weight excluding hydrogens is 211 g/mol. The zero-order valence-electron chi connectivity index (χ0n) is 7.80. The number of alkyl halides is 2. The fourth-order valence-corrected chi connectivity index (χ4v) is 1.21. The van der Waals surface area contributed by atoms with Crippen LogP contribution in [0, 0.1) is 12.9 Å². The van der Waals surface area contributed by atoms with E-state index in [2.05, 4.69) is 4.98 Å². The summed E-state index contributed by atoms with van der Waals surface area (Å²) in [6.07, 6.45) is -3.70. The number of carboxylic acids is 1. The maximum Gasteiger partial charge on any atom is 0.308 e. The predicted molar refractivity (Wildman–Crippen MR) is 45.2 cm³/mol. The van der Waals surface area contributed by atoms with Gasteiger partial charge >= 0.3 is 5.97 Å². The number of rotatable bonds is 3. The number of aliphatic carboxylic acids is 1. The number of halogens is 3. The van der Waals surface area contributed by atoms with Crippen molar-refractivity contribution in [3.63, 3.8) is 0 Å². The van der Waals surface area contributed by atoms with E-state index in [1.54, 1.807) is 0 Å². The van der Waals surface area contributed by atoms with Crippen molar-refractivity contribution in [3.05, 3.63) is 28.8 Å². The van der Waals surface area contributed by atoms with Gasteiger partial charge in [0.25, 0.3) is 6.43 Å². The third kappa shape index (κ3) is 2.68. The molecule has 0 fully saturated rings. The second kappa shape index (κ2) is 4.29. The fourth-order valence-electron chi connectivity index (χ4n) is 1.21. The third-order valence-electron chi connectivity index (χ3n) is 1.80. The molecular formula is C9H8F3NO2.